The third-order valence-electron chi connectivity index (χ3n) is 3.44. The minimum atomic E-state index is 0.742. The van der Waals surface area contributed by atoms with Crippen LogP contribution in [0.3, 0.4) is 0 Å². The number of thioether (sulfide) groups is 1. The van der Waals surface area contributed by atoms with Crippen LogP contribution in [0.25, 0.3) is 0 Å². The quantitative estimate of drug-likeness (QED) is 0.791. The fourth-order valence-electron chi connectivity index (χ4n) is 2.61. The van der Waals surface area contributed by atoms with Crippen molar-refractivity contribution in [1.29, 1.82) is 0 Å². The maximum absolute atomic E-state index is 5.34. The molecule has 1 aliphatic carbocycles. The molecule has 2 unspecified atom stereocenters. The summed E-state index contributed by atoms with van der Waals surface area (Å²) in [6.45, 7) is 5.25. The van der Waals surface area contributed by atoms with E-state index in [9.17, 15) is 0 Å². The number of nitrogens with one attached hydrogen (secondary N) is 1. The summed E-state index contributed by atoms with van der Waals surface area (Å²) in [6.07, 6.45) is 7.10. The molecule has 3 nitrogen and oxygen atoms in total. The zero-order valence-electron chi connectivity index (χ0n) is 10.7. The van der Waals surface area contributed by atoms with Crippen LogP contribution in [0, 0.1) is 12.8 Å². The average Bonchev–Trinajstić information content (AvgIpc) is 2.90. The summed E-state index contributed by atoms with van der Waals surface area (Å²) in [5.41, 5.74) is 0.971. The van der Waals surface area contributed by atoms with Gasteiger partial charge in [-0.15, -0.1) is 0 Å². The first-order chi connectivity index (χ1) is 8.29. The number of aryl methyl sites for hydroxylation is 1. The zero-order chi connectivity index (χ0) is 12.1. The lowest BCUT2D eigenvalue weighted by Gasteiger charge is -2.19. The van der Waals surface area contributed by atoms with Gasteiger partial charge in [-0.2, -0.15) is 0 Å². The predicted octanol–water partition coefficient (Wildman–Crippen LogP) is 3.24. The van der Waals surface area contributed by atoms with E-state index in [0.717, 1.165) is 35.2 Å². The normalized spacial score (nSPS) is 24.4. The molecular weight excluding hydrogens is 232 g/mol. The van der Waals surface area contributed by atoms with Gasteiger partial charge in [-0.1, -0.05) is 25.1 Å². The first-order valence-electron chi connectivity index (χ1n) is 6.58. The van der Waals surface area contributed by atoms with Gasteiger partial charge in [0.15, 0.2) is 0 Å². The lowest BCUT2D eigenvalue weighted by molar-refractivity contribution is 0.399. The van der Waals surface area contributed by atoms with E-state index < -0.39 is 0 Å². The molecule has 1 aromatic heterocycles. The van der Waals surface area contributed by atoms with Crippen LogP contribution in [0.1, 0.15) is 38.3 Å². The topological polar surface area (TPSA) is 38.1 Å². The molecule has 1 N–H and O–H groups in total. The van der Waals surface area contributed by atoms with Gasteiger partial charge in [0, 0.05) is 11.8 Å². The predicted molar refractivity (Wildman–Crippen MR) is 71.4 cm³/mol. The largest absolute Gasteiger partial charge is 0.440 e. The van der Waals surface area contributed by atoms with Crippen LogP contribution in [0.5, 0.6) is 0 Å². The Morgan fingerprint density at radius 3 is 3.12 bits per heavy atom. The molecule has 0 amide bonds. The summed E-state index contributed by atoms with van der Waals surface area (Å²) in [7, 11) is 0. The molecule has 0 spiro atoms. The van der Waals surface area contributed by atoms with Gasteiger partial charge in [0.05, 0.1) is 5.69 Å². The van der Waals surface area contributed by atoms with Crippen molar-refractivity contribution < 1.29 is 4.42 Å². The van der Waals surface area contributed by atoms with E-state index in [1.807, 2.05) is 6.92 Å². The van der Waals surface area contributed by atoms with Crippen molar-refractivity contribution in [3.63, 3.8) is 0 Å². The van der Waals surface area contributed by atoms with Crippen molar-refractivity contribution in [3.8, 4) is 0 Å². The van der Waals surface area contributed by atoms with Crippen LogP contribution in [-0.2, 0) is 0 Å². The molecule has 17 heavy (non-hydrogen) atoms. The highest BCUT2D eigenvalue weighted by atomic mass is 32.2. The van der Waals surface area contributed by atoms with Crippen LogP contribution >= 0.6 is 11.8 Å². The summed E-state index contributed by atoms with van der Waals surface area (Å²) in [4.78, 5) is 4.31. The summed E-state index contributed by atoms with van der Waals surface area (Å²) >= 11 is 1.74. The second kappa shape index (κ2) is 6.45. The minimum absolute atomic E-state index is 0.742. The molecule has 0 saturated heterocycles. The van der Waals surface area contributed by atoms with Crippen molar-refractivity contribution in [2.45, 2.75) is 50.8 Å². The maximum atomic E-state index is 5.34. The van der Waals surface area contributed by atoms with Crippen LogP contribution in [-0.4, -0.2) is 23.3 Å². The van der Waals surface area contributed by atoms with Crippen molar-refractivity contribution in [1.82, 2.24) is 10.3 Å². The third-order valence-corrected chi connectivity index (χ3v) is 4.31. The summed E-state index contributed by atoms with van der Waals surface area (Å²) < 4.78 is 5.34. The number of hydrogen-bond donors (Lipinski definition) is 1. The molecule has 1 aromatic rings. The molecule has 2 atom stereocenters. The Labute approximate surface area is 108 Å². The van der Waals surface area contributed by atoms with Crippen LogP contribution in [0.2, 0.25) is 0 Å². The van der Waals surface area contributed by atoms with E-state index in [4.69, 9.17) is 4.42 Å². The SMILES string of the molecule is CCNC1CCCC1CCSc1nc(C)co1. The van der Waals surface area contributed by atoms with Gasteiger partial charge in [0.1, 0.15) is 6.26 Å². The second-order valence-corrected chi connectivity index (χ2v) is 5.79. The third kappa shape index (κ3) is 3.75. The number of oxazole rings is 1. The van der Waals surface area contributed by atoms with E-state index in [-0.39, 0.29) is 0 Å². The Morgan fingerprint density at radius 2 is 2.41 bits per heavy atom. The number of aromatic nitrogens is 1. The van der Waals surface area contributed by atoms with Gasteiger partial charge >= 0.3 is 0 Å². The van der Waals surface area contributed by atoms with Gasteiger partial charge in [-0.05, 0) is 38.6 Å². The number of rotatable bonds is 6. The van der Waals surface area contributed by atoms with Crippen molar-refractivity contribution in [2.75, 3.05) is 12.3 Å². The van der Waals surface area contributed by atoms with Gasteiger partial charge in [-0.3, -0.25) is 0 Å². The second-order valence-electron chi connectivity index (χ2n) is 4.75. The van der Waals surface area contributed by atoms with E-state index in [1.54, 1.807) is 18.0 Å². The molecule has 4 heteroatoms. The summed E-state index contributed by atoms with van der Waals surface area (Å²) in [5, 5.41) is 4.42. The zero-order valence-corrected chi connectivity index (χ0v) is 11.6. The Hall–Kier alpha value is -0.480. The first kappa shape index (κ1) is 13.0. The molecule has 0 aromatic carbocycles. The number of nitrogens with zero attached hydrogens (tertiary/aromatic N) is 1. The molecule has 1 saturated carbocycles. The van der Waals surface area contributed by atoms with Crippen molar-refractivity contribution in [3.05, 3.63) is 12.0 Å². The van der Waals surface area contributed by atoms with E-state index >= 15 is 0 Å². The van der Waals surface area contributed by atoms with Crippen molar-refractivity contribution in [2.24, 2.45) is 5.92 Å². The summed E-state index contributed by atoms with van der Waals surface area (Å²) in [5.74, 6) is 1.96. The Morgan fingerprint density at radius 1 is 1.53 bits per heavy atom. The highest BCUT2D eigenvalue weighted by molar-refractivity contribution is 7.99. The summed E-state index contributed by atoms with van der Waals surface area (Å²) in [6, 6.07) is 0.742. The van der Waals surface area contributed by atoms with Gasteiger partial charge < -0.3 is 9.73 Å². The molecule has 1 fully saturated rings. The molecule has 0 bridgehead atoms. The Bertz CT molecular complexity index is 340. The maximum Gasteiger partial charge on any atom is 0.255 e. The number of hydrogen-bond acceptors (Lipinski definition) is 4. The van der Waals surface area contributed by atoms with Gasteiger partial charge in [-0.25, -0.2) is 4.98 Å². The van der Waals surface area contributed by atoms with Crippen LogP contribution in [0.4, 0.5) is 0 Å². The first-order valence-corrected chi connectivity index (χ1v) is 7.56. The molecule has 1 aliphatic rings. The smallest absolute Gasteiger partial charge is 0.255 e. The van der Waals surface area contributed by atoms with E-state index in [1.165, 1.54) is 25.7 Å². The fraction of sp³-hybridized carbons (Fsp3) is 0.769. The highest BCUT2D eigenvalue weighted by Crippen LogP contribution is 2.30. The van der Waals surface area contributed by atoms with Crippen LogP contribution < -0.4 is 5.32 Å². The lowest BCUT2D eigenvalue weighted by Crippen LogP contribution is -2.32. The van der Waals surface area contributed by atoms with Crippen LogP contribution in [0.15, 0.2) is 15.9 Å². The van der Waals surface area contributed by atoms with Gasteiger partial charge in [0.25, 0.3) is 5.22 Å². The molecular formula is C13H22N2OS. The Kier molecular flexibility index (Phi) is 4.92. The molecule has 96 valence electrons. The minimum Gasteiger partial charge on any atom is -0.440 e. The van der Waals surface area contributed by atoms with Gasteiger partial charge in [0.2, 0.25) is 0 Å². The Balaban J connectivity index is 1.70. The fourth-order valence-corrected chi connectivity index (χ4v) is 3.53. The van der Waals surface area contributed by atoms with E-state index in [0.29, 0.717) is 0 Å². The highest BCUT2D eigenvalue weighted by Gasteiger charge is 2.25. The molecule has 0 aliphatic heterocycles. The molecule has 2 rings (SSSR count). The van der Waals surface area contributed by atoms with Crippen molar-refractivity contribution >= 4 is 11.8 Å². The standard InChI is InChI=1S/C13H22N2OS/c1-3-14-12-6-4-5-11(12)7-8-17-13-15-10(2)9-16-13/h9,11-12,14H,3-8H2,1-2H3. The molecule has 0 radical (unpaired) electrons. The average molecular weight is 254 g/mol. The molecule has 1 heterocycles. The van der Waals surface area contributed by atoms with E-state index in [2.05, 4.69) is 17.2 Å². The lowest BCUT2D eigenvalue weighted by atomic mass is 10.0. The monoisotopic (exact) mass is 254 g/mol.